The molecule has 0 heterocycles. The quantitative estimate of drug-likeness (QED) is 0.560. The SMILES string of the molecule is CC(C)=CCCC(C)CCC(O)(CC(=O)O)C(=O)O. The van der Waals surface area contributed by atoms with Crippen LogP contribution >= 0.6 is 0 Å². The minimum absolute atomic E-state index is 0.0371. The lowest BCUT2D eigenvalue weighted by Gasteiger charge is -2.23. The minimum Gasteiger partial charge on any atom is -0.481 e. The number of carbonyl (C=O) groups is 2. The van der Waals surface area contributed by atoms with Crippen molar-refractivity contribution in [2.45, 2.75) is 58.5 Å². The van der Waals surface area contributed by atoms with E-state index in [2.05, 4.69) is 6.08 Å². The van der Waals surface area contributed by atoms with Crippen molar-refractivity contribution in [1.82, 2.24) is 0 Å². The molecule has 19 heavy (non-hydrogen) atoms. The van der Waals surface area contributed by atoms with Crippen LogP contribution in [-0.4, -0.2) is 32.9 Å². The first-order chi connectivity index (χ1) is 8.67. The summed E-state index contributed by atoms with van der Waals surface area (Å²) in [4.78, 5) is 21.5. The molecule has 0 rings (SSSR count). The van der Waals surface area contributed by atoms with Gasteiger partial charge in [0.25, 0.3) is 0 Å². The van der Waals surface area contributed by atoms with Gasteiger partial charge in [0, 0.05) is 0 Å². The third-order valence-corrected chi connectivity index (χ3v) is 3.10. The van der Waals surface area contributed by atoms with Crippen LogP contribution in [0.15, 0.2) is 11.6 Å². The zero-order valence-electron chi connectivity index (χ0n) is 11.8. The van der Waals surface area contributed by atoms with Gasteiger partial charge in [-0.05, 0) is 45.4 Å². The van der Waals surface area contributed by atoms with E-state index in [1.54, 1.807) is 0 Å². The average molecular weight is 272 g/mol. The van der Waals surface area contributed by atoms with Crippen LogP contribution in [0.1, 0.15) is 52.9 Å². The summed E-state index contributed by atoms with van der Waals surface area (Å²) in [6, 6.07) is 0. The summed E-state index contributed by atoms with van der Waals surface area (Å²) in [5.74, 6) is -2.52. The molecule has 5 heteroatoms. The average Bonchev–Trinajstić information content (AvgIpc) is 2.24. The number of allylic oxidation sites excluding steroid dienone is 2. The maximum atomic E-state index is 10.9. The maximum Gasteiger partial charge on any atom is 0.336 e. The maximum absolute atomic E-state index is 10.9. The molecule has 0 saturated heterocycles. The lowest BCUT2D eigenvalue weighted by Crippen LogP contribution is -2.41. The van der Waals surface area contributed by atoms with E-state index >= 15 is 0 Å². The lowest BCUT2D eigenvalue weighted by atomic mass is 9.88. The monoisotopic (exact) mass is 272 g/mol. The molecule has 0 aromatic carbocycles. The van der Waals surface area contributed by atoms with E-state index in [0.717, 1.165) is 12.8 Å². The van der Waals surface area contributed by atoms with Gasteiger partial charge in [-0.2, -0.15) is 0 Å². The van der Waals surface area contributed by atoms with E-state index in [9.17, 15) is 14.7 Å². The highest BCUT2D eigenvalue weighted by atomic mass is 16.4. The first-order valence-corrected chi connectivity index (χ1v) is 6.48. The highest BCUT2D eigenvalue weighted by Gasteiger charge is 2.38. The highest BCUT2D eigenvalue weighted by Crippen LogP contribution is 2.23. The number of carboxylic acid groups (broad SMARTS) is 2. The molecule has 0 aliphatic rings. The van der Waals surface area contributed by atoms with Crippen LogP contribution in [0, 0.1) is 5.92 Å². The molecule has 110 valence electrons. The first-order valence-electron chi connectivity index (χ1n) is 6.48. The molecule has 0 aliphatic carbocycles. The first kappa shape index (κ1) is 17.6. The topological polar surface area (TPSA) is 94.8 Å². The van der Waals surface area contributed by atoms with Gasteiger partial charge >= 0.3 is 11.9 Å². The number of rotatable bonds is 9. The molecule has 0 aliphatic heterocycles. The van der Waals surface area contributed by atoms with Crippen molar-refractivity contribution in [3.8, 4) is 0 Å². The van der Waals surface area contributed by atoms with Gasteiger partial charge in [-0.1, -0.05) is 18.6 Å². The zero-order chi connectivity index (χ0) is 15.1. The number of aliphatic hydroxyl groups is 1. The molecule has 0 saturated carbocycles. The number of carboxylic acids is 2. The van der Waals surface area contributed by atoms with Crippen molar-refractivity contribution in [2.24, 2.45) is 5.92 Å². The minimum atomic E-state index is -2.16. The molecule has 2 unspecified atom stereocenters. The van der Waals surface area contributed by atoms with Crippen LogP contribution in [0.5, 0.6) is 0 Å². The van der Waals surface area contributed by atoms with Crippen LogP contribution < -0.4 is 0 Å². The Morgan fingerprint density at radius 2 is 1.79 bits per heavy atom. The zero-order valence-corrected chi connectivity index (χ0v) is 11.8. The van der Waals surface area contributed by atoms with Gasteiger partial charge in [0.2, 0.25) is 0 Å². The van der Waals surface area contributed by atoms with Crippen LogP contribution in [-0.2, 0) is 9.59 Å². The second-order valence-electron chi connectivity index (χ2n) is 5.41. The molecule has 0 aromatic rings. The molecule has 5 nitrogen and oxygen atoms in total. The van der Waals surface area contributed by atoms with Crippen molar-refractivity contribution < 1.29 is 24.9 Å². The number of hydrogen-bond acceptors (Lipinski definition) is 3. The Balaban J connectivity index is 4.29. The van der Waals surface area contributed by atoms with E-state index in [1.165, 1.54) is 5.57 Å². The van der Waals surface area contributed by atoms with Crippen molar-refractivity contribution in [3.05, 3.63) is 11.6 Å². The van der Waals surface area contributed by atoms with Crippen LogP contribution in [0.4, 0.5) is 0 Å². The Labute approximate surface area is 113 Å². The Bertz CT molecular complexity index is 344. The van der Waals surface area contributed by atoms with Crippen molar-refractivity contribution in [2.75, 3.05) is 0 Å². The van der Waals surface area contributed by atoms with Crippen LogP contribution in [0.2, 0.25) is 0 Å². The Morgan fingerprint density at radius 1 is 1.21 bits per heavy atom. The van der Waals surface area contributed by atoms with Gasteiger partial charge in [0.15, 0.2) is 5.60 Å². The van der Waals surface area contributed by atoms with Gasteiger partial charge in [-0.3, -0.25) is 4.79 Å². The van der Waals surface area contributed by atoms with E-state index in [-0.39, 0.29) is 12.3 Å². The fourth-order valence-electron chi connectivity index (χ4n) is 1.81. The van der Waals surface area contributed by atoms with Gasteiger partial charge in [-0.25, -0.2) is 4.79 Å². The number of aliphatic carboxylic acids is 2. The normalized spacial score (nSPS) is 15.4. The van der Waals surface area contributed by atoms with E-state index in [1.807, 2.05) is 20.8 Å². The summed E-state index contributed by atoms with van der Waals surface area (Å²) in [7, 11) is 0. The smallest absolute Gasteiger partial charge is 0.336 e. The van der Waals surface area contributed by atoms with Gasteiger partial charge in [-0.15, -0.1) is 0 Å². The molecule has 0 spiro atoms. The van der Waals surface area contributed by atoms with Gasteiger partial charge < -0.3 is 15.3 Å². The van der Waals surface area contributed by atoms with Gasteiger partial charge in [0.1, 0.15) is 0 Å². The van der Waals surface area contributed by atoms with Crippen molar-refractivity contribution in [1.29, 1.82) is 0 Å². The summed E-state index contributed by atoms with van der Waals surface area (Å²) in [6.45, 7) is 6.00. The fourth-order valence-corrected chi connectivity index (χ4v) is 1.81. The van der Waals surface area contributed by atoms with E-state index in [4.69, 9.17) is 10.2 Å². The van der Waals surface area contributed by atoms with Gasteiger partial charge in [0.05, 0.1) is 6.42 Å². The summed E-state index contributed by atoms with van der Waals surface area (Å²) >= 11 is 0. The molecule has 0 aromatic heterocycles. The highest BCUT2D eigenvalue weighted by molar-refractivity contribution is 5.83. The Kier molecular flexibility index (Phi) is 7.37. The third-order valence-electron chi connectivity index (χ3n) is 3.10. The summed E-state index contributed by atoms with van der Waals surface area (Å²) in [5, 5.41) is 27.4. The second kappa shape index (κ2) is 7.94. The van der Waals surface area contributed by atoms with E-state index in [0.29, 0.717) is 6.42 Å². The molecular weight excluding hydrogens is 248 g/mol. The molecule has 0 fully saturated rings. The summed E-state index contributed by atoms with van der Waals surface area (Å²) in [5.41, 5.74) is -0.920. The third kappa shape index (κ3) is 7.62. The molecule has 0 bridgehead atoms. The van der Waals surface area contributed by atoms with Crippen molar-refractivity contribution in [3.63, 3.8) is 0 Å². The predicted molar refractivity (Wildman–Crippen MR) is 71.9 cm³/mol. The molecular formula is C14H24O5. The fraction of sp³-hybridized carbons (Fsp3) is 0.714. The molecule has 0 radical (unpaired) electrons. The molecule has 3 N–H and O–H groups in total. The predicted octanol–water partition coefficient (Wildman–Crippen LogP) is 2.44. The Hall–Kier alpha value is -1.36. The summed E-state index contributed by atoms with van der Waals surface area (Å²) in [6.07, 6.45) is 3.61. The second-order valence-corrected chi connectivity index (χ2v) is 5.41. The van der Waals surface area contributed by atoms with E-state index < -0.39 is 24.0 Å². The molecule has 0 amide bonds. The Morgan fingerprint density at radius 3 is 2.21 bits per heavy atom. The van der Waals surface area contributed by atoms with Crippen LogP contribution in [0.25, 0.3) is 0 Å². The number of hydrogen-bond donors (Lipinski definition) is 3. The standard InChI is InChI=1S/C14H24O5/c1-10(2)5-4-6-11(3)7-8-14(19,13(17)18)9-12(15)16/h5,11,19H,4,6-9H2,1-3H3,(H,15,16)(H,17,18). The summed E-state index contributed by atoms with van der Waals surface area (Å²) < 4.78 is 0. The lowest BCUT2D eigenvalue weighted by molar-refractivity contribution is -0.166. The van der Waals surface area contributed by atoms with Crippen molar-refractivity contribution >= 4 is 11.9 Å². The largest absolute Gasteiger partial charge is 0.481 e. The molecule has 2 atom stereocenters. The van der Waals surface area contributed by atoms with Crippen LogP contribution in [0.3, 0.4) is 0 Å².